The molecule has 0 saturated heterocycles. The molecular formula is C16H8N2O4. The normalized spacial score (nSPS) is 11.3. The van der Waals surface area contributed by atoms with Crippen LogP contribution in [0.25, 0.3) is 32.8 Å². The van der Waals surface area contributed by atoms with Crippen LogP contribution < -0.4 is 5.43 Å². The maximum atomic E-state index is 12.5. The van der Waals surface area contributed by atoms with E-state index < -0.39 is 4.92 Å². The third kappa shape index (κ3) is 1.67. The van der Waals surface area contributed by atoms with Gasteiger partial charge in [-0.2, -0.15) is 0 Å². The largest absolute Gasteiger partial charge is 0.455 e. The first-order chi connectivity index (χ1) is 10.6. The number of nitrogens with zero attached hydrogens (tertiary/aromatic N) is 2. The summed E-state index contributed by atoms with van der Waals surface area (Å²) < 4.78 is 5.81. The summed E-state index contributed by atoms with van der Waals surface area (Å²) in [6.07, 6.45) is 1.45. The second-order valence-corrected chi connectivity index (χ2v) is 4.89. The lowest BCUT2D eigenvalue weighted by Crippen LogP contribution is -2.03. The van der Waals surface area contributed by atoms with Crippen molar-refractivity contribution in [3.63, 3.8) is 0 Å². The highest BCUT2D eigenvalue weighted by Crippen LogP contribution is 2.27. The van der Waals surface area contributed by atoms with Crippen LogP contribution in [0.15, 0.2) is 57.9 Å². The first kappa shape index (κ1) is 12.5. The smallest absolute Gasteiger partial charge is 0.270 e. The minimum atomic E-state index is -0.489. The number of fused-ring (bicyclic) bond motifs is 4. The Morgan fingerprint density at radius 3 is 2.68 bits per heavy atom. The molecule has 0 radical (unpaired) electrons. The molecule has 0 aliphatic heterocycles. The summed E-state index contributed by atoms with van der Waals surface area (Å²) in [4.78, 5) is 27.2. The van der Waals surface area contributed by atoms with E-state index in [-0.39, 0.29) is 11.1 Å². The Morgan fingerprint density at radius 2 is 1.86 bits per heavy atom. The molecule has 0 amide bonds. The molecule has 0 atom stereocenters. The quantitative estimate of drug-likeness (QED) is 0.232. The van der Waals surface area contributed by atoms with Gasteiger partial charge in [0.15, 0.2) is 0 Å². The van der Waals surface area contributed by atoms with Crippen LogP contribution in [-0.2, 0) is 0 Å². The van der Waals surface area contributed by atoms with Gasteiger partial charge in [-0.1, -0.05) is 12.1 Å². The Balaban J connectivity index is 2.25. The number of aromatic nitrogens is 1. The van der Waals surface area contributed by atoms with E-state index in [0.29, 0.717) is 32.8 Å². The summed E-state index contributed by atoms with van der Waals surface area (Å²) in [6.45, 7) is 0. The maximum absolute atomic E-state index is 12.5. The molecule has 0 spiro atoms. The van der Waals surface area contributed by atoms with Gasteiger partial charge in [-0.3, -0.25) is 19.9 Å². The predicted molar refractivity (Wildman–Crippen MR) is 81.9 cm³/mol. The molecule has 0 aliphatic carbocycles. The Hall–Kier alpha value is -3.28. The molecule has 0 unspecified atom stereocenters. The van der Waals surface area contributed by atoms with Crippen molar-refractivity contribution in [3.05, 3.63) is 69.0 Å². The summed E-state index contributed by atoms with van der Waals surface area (Å²) in [5.41, 5.74) is 1.03. The molecule has 6 heteroatoms. The zero-order valence-electron chi connectivity index (χ0n) is 11.1. The first-order valence-corrected chi connectivity index (χ1v) is 6.54. The van der Waals surface area contributed by atoms with Crippen molar-refractivity contribution in [2.45, 2.75) is 0 Å². The first-order valence-electron chi connectivity index (χ1n) is 6.54. The molecule has 22 heavy (non-hydrogen) atoms. The number of para-hydroxylation sites is 1. The molecule has 2 heterocycles. The van der Waals surface area contributed by atoms with Gasteiger partial charge in [0.2, 0.25) is 5.43 Å². The zero-order chi connectivity index (χ0) is 15.3. The number of nitro groups is 1. The predicted octanol–water partition coefficient (Wildman–Crippen LogP) is 3.40. The third-order valence-electron chi connectivity index (χ3n) is 3.60. The maximum Gasteiger partial charge on any atom is 0.270 e. The number of benzene rings is 2. The molecule has 4 aromatic rings. The topological polar surface area (TPSA) is 86.2 Å². The molecule has 0 N–H and O–H groups in total. The van der Waals surface area contributed by atoms with Gasteiger partial charge in [0.1, 0.15) is 11.2 Å². The standard InChI is InChI=1S/C16H8N2O4/c19-15-10-3-1-2-4-14(10)22-16-11-7-9(18(20)21)5-6-13(11)17-8-12(15)16/h1-8H. The van der Waals surface area contributed by atoms with E-state index in [1.807, 2.05) is 0 Å². The molecular weight excluding hydrogens is 284 g/mol. The number of hydrogen-bond donors (Lipinski definition) is 0. The van der Waals surface area contributed by atoms with Crippen molar-refractivity contribution in [2.75, 3.05) is 0 Å². The van der Waals surface area contributed by atoms with Crippen molar-refractivity contribution >= 4 is 38.5 Å². The molecule has 6 nitrogen and oxygen atoms in total. The lowest BCUT2D eigenvalue weighted by Gasteiger charge is -2.04. The highest BCUT2D eigenvalue weighted by Gasteiger charge is 2.14. The molecule has 0 fully saturated rings. The highest BCUT2D eigenvalue weighted by molar-refractivity contribution is 6.05. The molecule has 0 saturated carbocycles. The summed E-state index contributed by atoms with van der Waals surface area (Å²) in [5.74, 6) is 0. The Labute approximate surface area is 122 Å². The number of pyridine rings is 1. The average Bonchev–Trinajstić information content (AvgIpc) is 2.54. The fourth-order valence-electron chi connectivity index (χ4n) is 2.54. The molecule has 2 aromatic carbocycles. The summed E-state index contributed by atoms with van der Waals surface area (Å²) in [7, 11) is 0. The van der Waals surface area contributed by atoms with Crippen LogP contribution in [0.5, 0.6) is 0 Å². The van der Waals surface area contributed by atoms with Crippen LogP contribution in [0.4, 0.5) is 5.69 Å². The second-order valence-electron chi connectivity index (χ2n) is 4.89. The Bertz CT molecular complexity index is 1130. The number of non-ortho nitro benzene ring substituents is 1. The molecule has 0 aliphatic rings. The van der Waals surface area contributed by atoms with E-state index in [1.54, 1.807) is 30.3 Å². The molecule has 106 valence electrons. The van der Waals surface area contributed by atoms with Gasteiger partial charge >= 0.3 is 0 Å². The fourth-order valence-corrected chi connectivity index (χ4v) is 2.54. The van der Waals surface area contributed by atoms with Crippen LogP contribution >= 0.6 is 0 Å². The number of rotatable bonds is 1. The summed E-state index contributed by atoms with van der Waals surface area (Å²) >= 11 is 0. The zero-order valence-corrected chi connectivity index (χ0v) is 11.1. The van der Waals surface area contributed by atoms with Crippen LogP contribution in [0.1, 0.15) is 0 Å². The van der Waals surface area contributed by atoms with Crippen molar-refractivity contribution in [2.24, 2.45) is 0 Å². The van der Waals surface area contributed by atoms with Gasteiger partial charge < -0.3 is 4.42 Å². The highest BCUT2D eigenvalue weighted by atomic mass is 16.6. The average molecular weight is 292 g/mol. The summed E-state index contributed by atoms with van der Waals surface area (Å²) in [6, 6.07) is 11.2. The van der Waals surface area contributed by atoms with Gasteiger partial charge in [0.25, 0.3) is 5.69 Å². The van der Waals surface area contributed by atoms with Crippen molar-refractivity contribution in [3.8, 4) is 0 Å². The van der Waals surface area contributed by atoms with E-state index in [1.165, 1.54) is 18.3 Å². The van der Waals surface area contributed by atoms with E-state index in [9.17, 15) is 14.9 Å². The SMILES string of the molecule is O=c1c2ccccc2oc2c1cnc1ccc([N+](=O)[O-])cc12. The van der Waals surface area contributed by atoms with Crippen LogP contribution in [0.3, 0.4) is 0 Å². The minimum Gasteiger partial charge on any atom is -0.455 e. The van der Waals surface area contributed by atoms with Gasteiger partial charge in [-0.15, -0.1) is 0 Å². The molecule has 4 rings (SSSR count). The minimum absolute atomic E-state index is 0.0717. The van der Waals surface area contributed by atoms with Crippen molar-refractivity contribution < 1.29 is 9.34 Å². The van der Waals surface area contributed by atoms with Gasteiger partial charge in [0, 0.05) is 18.3 Å². The number of hydrogen-bond acceptors (Lipinski definition) is 5. The van der Waals surface area contributed by atoms with Gasteiger partial charge in [-0.05, 0) is 18.2 Å². The van der Waals surface area contributed by atoms with E-state index in [2.05, 4.69) is 4.98 Å². The second kappa shape index (κ2) is 4.36. The summed E-state index contributed by atoms with van der Waals surface area (Å²) in [5, 5.41) is 12.2. The van der Waals surface area contributed by atoms with Crippen molar-refractivity contribution in [1.82, 2.24) is 4.98 Å². The van der Waals surface area contributed by atoms with E-state index in [4.69, 9.17) is 4.42 Å². The van der Waals surface area contributed by atoms with Crippen LogP contribution in [0.2, 0.25) is 0 Å². The third-order valence-corrected chi connectivity index (χ3v) is 3.60. The van der Waals surface area contributed by atoms with E-state index >= 15 is 0 Å². The van der Waals surface area contributed by atoms with Gasteiger partial charge in [0.05, 0.1) is 26.6 Å². The lowest BCUT2D eigenvalue weighted by molar-refractivity contribution is -0.384. The van der Waals surface area contributed by atoms with Crippen molar-refractivity contribution in [1.29, 1.82) is 0 Å². The molecule has 0 bridgehead atoms. The Kier molecular flexibility index (Phi) is 2.47. The van der Waals surface area contributed by atoms with Gasteiger partial charge in [-0.25, -0.2) is 0 Å². The molecule has 2 aromatic heterocycles. The van der Waals surface area contributed by atoms with Crippen LogP contribution in [-0.4, -0.2) is 9.91 Å². The monoisotopic (exact) mass is 292 g/mol. The fraction of sp³-hybridized carbons (Fsp3) is 0. The Morgan fingerprint density at radius 1 is 1.05 bits per heavy atom. The van der Waals surface area contributed by atoms with Crippen LogP contribution in [0, 0.1) is 10.1 Å². The number of nitro benzene ring substituents is 1. The van der Waals surface area contributed by atoms with E-state index in [0.717, 1.165) is 0 Å². The lowest BCUT2D eigenvalue weighted by atomic mass is 10.1.